The van der Waals surface area contributed by atoms with Gasteiger partial charge in [-0.25, -0.2) is 0 Å². The minimum atomic E-state index is -0.818. The van der Waals surface area contributed by atoms with Crippen molar-refractivity contribution in [1.82, 2.24) is 10.2 Å². The molecule has 0 bridgehead atoms. The lowest BCUT2D eigenvalue weighted by Crippen LogP contribution is -2.47. The summed E-state index contributed by atoms with van der Waals surface area (Å²) in [6.45, 7) is 0.599. The van der Waals surface area contributed by atoms with Crippen molar-refractivity contribution < 1.29 is 23.8 Å². The Labute approximate surface area is 193 Å². The minimum Gasteiger partial charge on any atom is -0.493 e. The molecule has 0 aliphatic heterocycles. The van der Waals surface area contributed by atoms with Gasteiger partial charge in [0.1, 0.15) is 6.04 Å². The van der Waals surface area contributed by atoms with Crippen LogP contribution in [0.5, 0.6) is 11.5 Å². The summed E-state index contributed by atoms with van der Waals surface area (Å²) < 4.78 is 16.1. The molecule has 174 valence electrons. The van der Waals surface area contributed by atoms with E-state index in [9.17, 15) is 9.59 Å². The van der Waals surface area contributed by atoms with Gasteiger partial charge in [-0.15, -0.1) is 11.3 Å². The van der Waals surface area contributed by atoms with E-state index in [0.29, 0.717) is 28.5 Å². The first kappa shape index (κ1) is 24.1. The average Bonchev–Trinajstić information content (AvgIpc) is 3.36. The topological polar surface area (TPSA) is 77.1 Å². The molecule has 2 aromatic rings. The van der Waals surface area contributed by atoms with E-state index in [0.717, 1.165) is 25.7 Å². The van der Waals surface area contributed by atoms with Crippen LogP contribution < -0.4 is 14.8 Å². The number of methoxy groups -OCH3 is 3. The van der Waals surface area contributed by atoms with Crippen LogP contribution in [0.2, 0.25) is 0 Å². The van der Waals surface area contributed by atoms with Crippen molar-refractivity contribution in [3.8, 4) is 11.5 Å². The standard InChI is InChI=1S/C24H32N2O5S/c1-29-14-13-26(24(28)21-10-7-15-32-21)22(23(27)25-18-8-5-4-6-9-18)17-11-12-19(30-2)20(16-17)31-3/h7,10-12,15-16,18,22H,4-6,8-9,13-14H2,1-3H3,(H,25,27). The molecule has 8 heteroatoms. The smallest absolute Gasteiger partial charge is 0.264 e. The van der Waals surface area contributed by atoms with Crippen LogP contribution in [0, 0.1) is 0 Å². The molecule has 3 rings (SSSR count). The van der Waals surface area contributed by atoms with Crippen LogP contribution in [0.3, 0.4) is 0 Å². The number of nitrogens with zero attached hydrogens (tertiary/aromatic N) is 1. The lowest BCUT2D eigenvalue weighted by molar-refractivity contribution is -0.127. The molecule has 1 N–H and O–H groups in total. The number of thiophene rings is 1. The summed E-state index contributed by atoms with van der Waals surface area (Å²) in [6, 6.07) is 8.26. The zero-order chi connectivity index (χ0) is 22.9. The maximum Gasteiger partial charge on any atom is 0.264 e. The number of carbonyl (C=O) groups is 2. The lowest BCUT2D eigenvalue weighted by atomic mass is 9.94. The van der Waals surface area contributed by atoms with Crippen LogP contribution >= 0.6 is 11.3 Å². The summed E-state index contributed by atoms with van der Waals surface area (Å²) in [4.78, 5) is 29.2. The molecule has 32 heavy (non-hydrogen) atoms. The third kappa shape index (κ3) is 5.81. The van der Waals surface area contributed by atoms with Gasteiger partial charge in [0.2, 0.25) is 5.91 Å². The fourth-order valence-corrected chi connectivity index (χ4v) is 4.78. The summed E-state index contributed by atoms with van der Waals surface area (Å²) in [6.07, 6.45) is 5.33. The Bertz CT molecular complexity index is 881. The highest BCUT2D eigenvalue weighted by molar-refractivity contribution is 7.12. The van der Waals surface area contributed by atoms with Crippen molar-refractivity contribution in [2.75, 3.05) is 34.5 Å². The summed E-state index contributed by atoms with van der Waals surface area (Å²) in [5.74, 6) is 0.687. The maximum absolute atomic E-state index is 13.6. The molecule has 1 aromatic carbocycles. The van der Waals surface area contributed by atoms with Gasteiger partial charge in [-0.05, 0) is 42.0 Å². The number of hydrogen-bond donors (Lipinski definition) is 1. The molecular weight excluding hydrogens is 428 g/mol. The second-order valence-corrected chi connectivity index (χ2v) is 8.78. The van der Waals surface area contributed by atoms with E-state index in [1.807, 2.05) is 17.5 Å². The molecule has 1 aromatic heterocycles. The fourth-order valence-electron chi connectivity index (χ4n) is 4.10. The normalized spacial score (nSPS) is 15.1. The van der Waals surface area contributed by atoms with Gasteiger partial charge in [0.05, 0.1) is 25.7 Å². The number of nitrogens with one attached hydrogen (secondary N) is 1. The van der Waals surface area contributed by atoms with E-state index in [1.165, 1.54) is 17.8 Å². The molecule has 1 heterocycles. The van der Waals surface area contributed by atoms with Crippen LogP contribution in [0.4, 0.5) is 0 Å². The number of ether oxygens (including phenoxy) is 3. The second-order valence-electron chi connectivity index (χ2n) is 7.83. The van der Waals surface area contributed by atoms with Crippen molar-refractivity contribution in [1.29, 1.82) is 0 Å². The fraction of sp³-hybridized carbons (Fsp3) is 0.500. The summed E-state index contributed by atoms with van der Waals surface area (Å²) in [5, 5.41) is 5.05. The molecule has 0 saturated heterocycles. The molecule has 1 aliphatic carbocycles. The maximum atomic E-state index is 13.6. The van der Waals surface area contributed by atoms with Gasteiger partial charge < -0.3 is 24.4 Å². The molecule has 1 atom stereocenters. The zero-order valence-corrected chi connectivity index (χ0v) is 19.8. The van der Waals surface area contributed by atoms with Crippen LogP contribution in [-0.2, 0) is 9.53 Å². The predicted octanol–water partition coefficient (Wildman–Crippen LogP) is 4.04. The third-order valence-electron chi connectivity index (χ3n) is 5.76. The quantitative estimate of drug-likeness (QED) is 0.579. The average molecular weight is 461 g/mol. The Morgan fingerprint density at radius 3 is 2.47 bits per heavy atom. The van der Waals surface area contributed by atoms with E-state index in [4.69, 9.17) is 14.2 Å². The Kier molecular flexibility index (Phi) is 8.93. The van der Waals surface area contributed by atoms with Crippen LogP contribution in [-0.4, -0.2) is 57.2 Å². The second kappa shape index (κ2) is 11.9. The van der Waals surface area contributed by atoms with Crippen LogP contribution in [0.15, 0.2) is 35.7 Å². The first-order valence-electron chi connectivity index (χ1n) is 10.9. The van der Waals surface area contributed by atoms with Gasteiger partial charge in [-0.1, -0.05) is 31.4 Å². The van der Waals surface area contributed by atoms with Gasteiger partial charge in [0.25, 0.3) is 5.91 Å². The van der Waals surface area contributed by atoms with E-state index >= 15 is 0 Å². The molecule has 1 saturated carbocycles. The predicted molar refractivity (Wildman–Crippen MR) is 125 cm³/mol. The Balaban J connectivity index is 2.00. The number of benzene rings is 1. The van der Waals surface area contributed by atoms with Crippen molar-refractivity contribution in [2.45, 2.75) is 44.2 Å². The van der Waals surface area contributed by atoms with Crippen molar-refractivity contribution >= 4 is 23.2 Å². The monoisotopic (exact) mass is 460 g/mol. The summed E-state index contributed by atoms with van der Waals surface area (Å²) in [5.41, 5.74) is 0.664. The molecule has 0 radical (unpaired) electrons. The number of carbonyl (C=O) groups excluding carboxylic acids is 2. The van der Waals surface area contributed by atoms with Gasteiger partial charge in [0, 0.05) is 19.7 Å². The number of rotatable bonds is 10. The van der Waals surface area contributed by atoms with E-state index in [1.54, 1.807) is 44.4 Å². The van der Waals surface area contributed by atoms with E-state index in [2.05, 4.69) is 5.32 Å². The number of hydrogen-bond acceptors (Lipinski definition) is 6. The van der Waals surface area contributed by atoms with Gasteiger partial charge in [-0.3, -0.25) is 9.59 Å². The molecule has 1 unspecified atom stereocenters. The van der Waals surface area contributed by atoms with Gasteiger partial charge in [0.15, 0.2) is 11.5 Å². The van der Waals surface area contributed by atoms with Crippen LogP contribution in [0.25, 0.3) is 0 Å². The SMILES string of the molecule is COCCN(C(=O)c1cccs1)C(C(=O)NC1CCCCC1)c1ccc(OC)c(OC)c1. The molecule has 1 fully saturated rings. The first-order valence-corrected chi connectivity index (χ1v) is 11.8. The molecule has 0 spiro atoms. The van der Waals surface area contributed by atoms with Gasteiger partial charge >= 0.3 is 0 Å². The largest absolute Gasteiger partial charge is 0.493 e. The Morgan fingerprint density at radius 2 is 1.84 bits per heavy atom. The molecular formula is C24H32N2O5S. The Morgan fingerprint density at radius 1 is 1.09 bits per heavy atom. The van der Waals surface area contributed by atoms with Crippen molar-refractivity contribution in [3.05, 3.63) is 46.2 Å². The highest BCUT2D eigenvalue weighted by Gasteiger charge is 2.34. The summed E-state index contributed by atoms with van der Waals surface area (Å²) in [7, 11) is 4.70. The number of amides is 2. The highest BCUT2D eigenvalue weighted by atomic mass is 32.1. The first-order chi connectivity index (χ1) is 15.6. The van der Waals surface area contributed by atoms with Crippen LogP contribution in [0.1, 0.15) is 53.4 Å². The lowest BCUT2D eigenvalue weighted by Gasteiger charge is -2.33. The van der Waals surface area contributed by atoms with E-state index in [-0.39, 0.29) is 24.4 Å². The molecule has 2 amide bonds. The minimum absolute atomic E-state index is 0.125. The zero-order valence-electron chi connectivity index (χ0n) is 19.0. The van der Waals surface area contributed by atoms with Gasteiger partial charge in [-0.2, -0.15) is 0 Å². The summed E-state index contributed by atoms with van der Waals surface area (Å²) >= 11 is 1.36. The highest BCUT2D eigenvalue weighted by Crippen LogP contribution is 2.33. The molecule has 1 aliphatic rings. The van der Waals surface area contributed by atoms with Crippen molar-refractivity contribution in [3.63, 3.8) is 0 Å². The van der Waals surface area contributed by atoms with Crippen molar-refractivity contribution in [2.24, 2.45) is 0 Å². The van der Waals surface area contributed by atoms with E-state index < -0.39 is 6.04 Å². The molecule has 7 nitrogen and oxygen atoms in total. The third-order valence-corrected chi connectivity index (χ3v) is 6.62. The Hall–Kier alpha value is -2.58.